The average molecular weight is 257 g/mol. The van der Waals surface area contributed by atoms with E-state index in [1.807, 2.05) is 13.8 Å². The number of carbonyl (C=O) groups is 1. The number of benzene rings is 1. The predicted molar refractivity (Wildman–Crippen MR) is 66.9 cm³/mol. The highest BCUT2D eigenvalue weighted by Gasteiger charge is 2.29. The summed E-state index contributed by atoms with van der Waals surface area (Å²) in [5.41, 5.74) is 1.11. The molecule has 5 heteroatoms. The number of hydrogen-bond acceptors (Lipinski definition) is 2. The molecule has 3 nitrogen and oxygen atoms in total. The van der Waals surface area contributed by atoms with Crippen molar-refractivity contribution in [2.75, 3.05) is 10.6 Å². The third-order valence-electron chi connectivity index (χ3n) is 3.12. The van der Waals surface area contributed by atoms with Gasteiger partial charge in [0.15, 0.2) is 0 Å². The monoisotopic (exact) mass is 256 g/mol. The fourth-order valence-electron chi connectivity index (χ4n) is 1.85. The van der Waals surface area contributed by atoms with Crippen LogP contribution < -0.4 is 10.6 Å². The number of anilines is 2. The van der Waals surface area contributed by atoms with Crippen LogP contribution in [0.15, 0.2) is 12.1 Å². The minimum absolute atomic E-state index is 0.0512. The smallest absolute Gasteiger partial charge is 0.247 e. The van der Waals surface area contributed by atoms with Gasteiger partial charge in [-0.3, -0.25) is 4.79 Å². The zero-order valence-corrected chi connectivity index (χ0v) is 10.4. The van der Waals surface area contributed by atoms with Gasteiger partial charge in [-0.25, -0.2) is 4.39 Å². The van der Waals surface area contributed by atoms with Gasteiger partial charge in [-0.1, -0.05) is 31.9 Å². The van der Waals surface area contributed by atoms with E-state index in [9.17, 15) is 9.18 Å². The van der Waals surface area contributed by atoms with E-state index in [4.69, 9.17) is 11.6 Å². The first-order valence-corrected chi connectivity index (χ1v) is 5.97. The molecule has 1 aliphatic rings. The van der Waals surface area contributed by atoms with E-state index in [1.165, 1.54) is 12.1 Å². The van der Waals surface area contributed by atoms with Gasteiger partial charge in [0, 0.05) is 6.07 Å². The van der Waals surface area contributed by atoms with Gasteiger partial charge in [0.25, 0.3) is 0 Å². The Hall–Kier alpha value is -1.29. The second-order valence-corrected chi connectivity index (χ2v) is 4.72. The van der Waals surface area contributed by atoms with Crippen LogP contribution in [-0.2, 0) is 4.79 Å². The number of nitrogens with one attached hydrogen (secondary N) is 2. The zero-order chi connectivity index (χ0) is 12.6. The molecule has 0 spiro atoms. The Labute approximate surface area is 104 Å². The maximum atomic E-state index is 13.2. The first kappa shape index (κ1) is 12.2. The van der Waals surface area contributed by atoms with Gasteiger partial charge in [-0.2, -0.15) is 0 Å². The summed E-state index contributed by atoms with van der Waals surface area (Å²) < 4.78 is 13.2. The number of carbonyl (C=O) groups excluding carboxylic acids is 1. The first-order chi connectivity index (χ1) is 8.02. The molecule has 2 N–H and O–H groups in total. The van der Waals surface area contributed by atoms with Crippen molar-refractivity contribution >= 4 is 28.9 Å². The Morgan fingerprint density at radius 1 is 1.47 bits per heavy atom. The van der Waals surface area contributed by atoms with E-state index in [2.05, 4.69) is 10.6 Å². The molecule has 0 aliphatic carbocycles. The number of amides is 1. The summed E-state index contributed by atoms with van der Waals surface area (Å²) in [7, 11) is 0. The van der Waals surface area contributed by atoms with Gasteiger partial charge in [-0.05, 0) is 12.0 Å². The van der Waals surface area contributed by atoms with Crippen molar-refractivity contribution in [3.8, 4) is 0 Å². The molecule has 0 saturated carbocycles. The molecule has 92 valence electrons. The van der Waals surface area contributed by atoms with Crippen molar-refractivity contribution in [1.29, 1.82) is 0 Å². The number of fused-ring (bicyclic) bond motifs is 1. The van der Waals surface area contributed by atoms with Crippen LogP contribution in [0.4, 0.5) is 15.8 Å². The predicted octanol–water partition coefficient (Wildman–Crippen LogP) is 3.26. The van der Waals surface area contributed by atoms with E-state index in [0.717, 1.165) is 6.42 Å². The topological polar surface area (TPSA) is 41.1 Å². The molecule has 0 fully saturated rings. The number of halogens is 2. The van der Waals surface area contributed by atoms with E-state index in [0.29, 0.717) is 11.4 Å². The second kappa shape index (κ2) is 4.53. The Morgan fingerprint density at radius 2 is 2.18 bits per heavy atom. The van der Waals surface area contributed by atoms with Gasteiger partial charge < -0.3 is 10.6 Å². The largest absolute Gasteiger partial charge is 0.372 e. The van der Waals surface area contributed by atoms with E-state index in [1.54, 1.807) is 0 Å². The van der Waals surface area contributed by atoms with Gasteiger partial charge >= 0.3 is 0 Å². The van der Waals surface area contributed by atoms with Gasteiger partial charge in [-0.15, -0.1) is 0 Å². The van der Waals surface area contributed by atoms with Crippen LogP contribution in [0.5, 0.6) is 0 Å². The molecule has 2 rings (SSSR count). The highest BCUT2D eigenvalue weighted by Crippen LogP contribution is 2.33. The highest BCUT2D eigenvalue weighted by atomic mass is 35.5. The lowest BCUT2D eigenvalue weighted by Gasteiger charge is -2.30. The van der Waals surface area contributed by atoms with Gasteiger partial charge in [0.2, 0.25) is 5.91 Å². The Bertz CT molecular complexity index is 464. The van der Waals surface area contributed by atoms with E-state index >= 15 is 0 Å². The summed E-state index contributed by atoms with van der Waals surface area (Å²) >= 11 is 5.72. The Balaban J connectivity index is 2.34. The van der Waals surface area contributed by atoms with Crippen LogP contribution in [0.2, 0.25) is 5.02 Å². The highest BCUT2D eigenvalue weighted by molar-refractivity contribution is 6.31. The van der Waals surface area contributed by atoms with Gasteiger partial charge in [0.1, 0.15) is 11.9 Å². The molecular formula is C12H14ClFN2O. The molecule has 1 aliphatic heterocycles. The minimum Gasteiger partial charge on any atom is -0.372 e. The summed E-state index contributed by atoms with van der Waals surface area (Å²) in [4.78, 5) is 11.8. The van der Waals surface area contributed by atoms with Gasteiger partial charge in [0.05, 0.1) is 16.4 Å². The standard InChI is InChI=1S/C12H14ClFN2O/c1-3-6(2)11-12(17)16-10-5-8(14)7(13)4-9(10)15-11/h4-6,11,15H,3H2,1-2H3,(H,16,17). The normalized spacial score (nSPS) is 20.2. The molecule has 1 amide bonds. The molecule has 0 saturated heterocycles. The van der Waals surface area contributed by atoms with E-state index < -0.39 is 5.82 Å². The molecule has 0 radical (unpaired) electrons. The van der Waals surface area contributed by atoms with Crippen molar-refractivity contribution in [3.63, 3.8) is 0 Å². The lowest BCUT2D eigenvalue weighted by atomic mass is 9.96. The summed E-state index contributed by atoms with van der Waals surface area (Å²) in [5.74, 6) is -0.463. The molecule has 2 unspecified atom stereocenters. The summed E-state index contributed by atoms with van der Waals surface area (Å²) in [6, 6.07) is 2.44. The molecule has 0 bridgehead atoms. The molecule has 0 aromatic heterocycles. The van der Waals surface area contributed by atoms with Crippen LogP contribution in [0.1, 0.15) is 20.3 Å². The number of rotatable bonds is 2. The fourth-order valence-corrected chi connectivity index (χ4v) is 2.01. The van der Waals surface area contributed by atoms with Crippen LogP contribution in [-0.4, -0.2) is 11.9 Å². The summed E-state index contributed by atoms with van der Waals surface area (Å²) in [5, 5.41) is 5.85. The van der Waals surface area contributed by atoms with Crippen LogP contribution in [0, 0.1) is 11.7 Å². The summed E-state index contributed by atoms with van der Waals surface area (Å²) in [6.07, 6.45) is 0.884. The first-order valence-electron chi connectivity index (χ1n) is 5.59. The second-order valence-electron chi connectivity index (χ2n) is 4.31. The van der Waals surface area contributed by atoms with Crippen molar-refractivity contribution in [1.82, 2.24) is 0 Å². The molecule has 2 atom stereocenters. The fraction of sp³-hybridized carbons (Fsp3) is 0.417. The minimum atomic E-state index is -0.533. The maximum Gasteiger partial charge on any atom is 0.247 e. The van der Waals surface area contributed by atoms with Crippen molar-refractivity contribution in [3.05, 3.63) is 23.0 Å². The number of hydrogen-bond donors (Lipinski definition) is 2. The van der Waals surface area contributed by atoms with Crippen molar-refractivity contribution in [2.45, 2.75) is 26.3 Å². The zero-order valence-electron chi connectivity index (χ0n) is 9.68. The van der Waals surface area contributed by atoms with Crippen molar-refractivity contribution < 1.29 is 9.18 Å². The van der Waals surface area contributed by atoms with Crippen LogP contribution >= 0.6 is 11.6 Å². The lowest BCUT2D eigenvalue weighted by molar-refractivity contribution is -0.118. The SMILES string of the molecule is CCC(C)C1Nc2cc(Cl)c(F)cc2NC1=O. The van der Waals surface area contributed by atoms with Crippen molar-refractivity contribution in [2.24, 2.45) is 5.92 Å². The quantitative estimate of drug-likeness (QED) is 0.853. The molecule has 1 aromatic carbocycles. The third kappa shape index (κ3) is 2.22. The maximum absolute atomic E-state index is 13.2. The lowest BCUT2D eigenvalue weighted by Crippen LogP contribution is -2.43. The average Bonchev–Trinajstić information content (AvgIpc) is 2.30. The third-order valence-corrected chi connectivity index (χ3v) is 3.41. The molecule has 1 heterocycles. The van der Waals surface area contributed by atoms with E-state index in [-0.39, 0.29) is 22.9 Å². The van der Waals surface area contributed by atoms with Crippen LogP contribution in [0.3, 0.4) is 0 Å². The Kier molecular flexibility index (Phi) is 3.24. The molecule has 17 heavy (non-hydrogen) atoms. The Morgan fingerprint density at radius 3 is 2.82 bits per heavy atom. The molecule has 1 aromatic rings. The molecular weight excluding hydrogens is 243 g/mol. The summed E-state index contributed by atoms with van der Waals surface area (Å²) in [6.45, 7) is 4.01. The van der Waals surface area contributed by atoms with Crippen LogP contribution in [0.25, 0.3) is 0 Å².